The molecule has 1 aliphatic rings. The fourth-order valence-corrected chi connectivity index (χ4v) is 3.38. The Hall–Kier alpha value is -2.96. The number of nitrogens with zero attached hydrogens (tertiary/aromatic N) is 3. The Morgan fingerprint density at radius 2 is 1.93 bits per heavy atom. The lowest BCUT2D eigenvalue weighted by Crippen LogP contribution is -2.31. The minimum Gasteiger partial charge on any atom is -0.493 e. The number of carbonyl (C=O) groups excluding carboxylic acids is 1. The zero-order valence-electron chi connectivity index (χ0n) is 17.4. The molecule has 0 unspecified atom stereocenters. The second-order valence-corrected chi connectivity index (χ2v) is 6.92. The van der Waals surface area contributed by atoms with Gasteiger partial charge >= 0.3 is 6.03 Å². The van der Waals surface area contributed by atoms with E-state index in [0.717, 1.165) is 30.5 Å². The fraction of sp³-hybridized carbons (Fsp3) is 0.455. The van der Waals surface area contributed by atoms with E-state index in [2.05, 4.69) is 11.9 Å². The molecule has 7 heteroatoms. The van der Waals surface area contributed by atoms with Gasteiger partial charge in [-0.05, 0) is 24.6 Å². The second-order valence-electron chi connectivity index (χ2n) is 6.92. The summed E-state index contributed by atoms with van der Waals surface area (Å²) >= 11 is 0. The van der Waals surface area contributed by atoms with Gasteiger partial charge in [0, 0.05) is 36.6 Å². The van der Waals surface area contributed by atoms with Crippen LogP contribution in [-0.2, 0) is 6.54 Å². The number of aromatic nitrogens is 1. The molecule has 1 saturated heterocycles. The Balaban J connectivity index is 1.71. The second kappa shape index (κ2) is 10.0. The molecule has 3 rings (SSSR count). The number of methoxy groups -OCH3 is 2. The highest BCUT2D eigenvalue weighted by Gasteiger charge is 2.30. The van der Waals surface area contributed by atoms with E-state index >= 15 is 0 Å². The first-order chi connectivity index (χ1) is 14.2. The molecule has 2 heterocycles. The summed E-state index contributed by atoms with van der Waals surface area (Å²) in [6, 6.07) is 9.36. The van der Waals surface area contributed by atoms with Crippen LogP contribution in [-0.4, -0.2) is 49.8 Å². The molecule has 2 aromatic rings. The largest absolute Gasteiger partial charge is 0.493 e. The van der Waals surface area contributed by atoms with Crippen molar-refractivity contribution in [3.05, 3.63) is 42.1 Å². The zero-order valence-corrected chi connectivity index (χ0v) is 17.4. The molecule has 0 N–H and O–H groups in total. The first kappa shape index (κ1) is 20.8. The summed E-state index contributed by atoms with van der Waals surface area (Å²) in [5.74, 6) is 1.89. The van der Waals surface area contributed by atoms with Crippen LogP contribution in [0.4, 0.5) is 10.5 Å². The van der Waals surface area contributed by atoms with Gasteiger partial charge in [-0.15, -0.1) is 0 Å². The van der Waals surface area contributed by atoms with Crippen LogP contribution in [0.25, 0.3) is 0 Å². The topological polar surface area (TPSA) is 64.1 Å². The molecule has 0 saturated carbocycles. The predicted octanol–water partition coefficient (Wildman–Crippen LogP) is 4.11. The molecule has 1 aliphatic heterocycles. The lowest BCUT2D eigenvalue weighted by atomic mass is 10.2. The summed E-state index contributed by atoms with van der Waals surface area (Å²) in [7, 11) is 3.21. The van der Waals surface area contributed by atoms with Gasteiger partial charge in [-0.3, -0.25) is 4.90 Å². The number of unbranched alkanes of at least 4 members (excludes halogenated alkanes) is 2. The quantitative estimate of drug-likeness (QED) is 0.563. The van der Waals surface area contributed by atoms with Gasteiger partial charge < -0.3 is 19.1 Å². The van der Waals surface area contributed by atoms with E-state index in [1.807, 2.05) is 30.3 Å². The first-order valence-corrected chi connectivity index (χ1v) is 10.0. The van der Waals surface area contributed by atoms with Gasteiger partial charge in [0.15, 0.2) is 11.5 Å². The number of ether oxygens (including phenoxy) is 3. The Kier molecular flexibility index (Phi) is 7.16. The van der Waals surface area contributed by atoms with Crippen molar-refractivity contribution in [2.75, 3.05) is 38.8 Å². The lowest BCUT2D eigenvalue weighted by Gasteiger charge is -2.20. The molecule has 1 aromatic carbocycles. The molecule has 1 aromatic heterocycles. The number of anilines is 1. The van der Waals surface area contributed by atoms with Crippen LogP contribution < -0.4 is 19.1 Å². The summed E-state index contributed by atoms with van der Waals surface area (Å²) < 4.78 is 16.6. The molecule has 7 nitrogen and oxygen atoms in total. The van der Waals surface area contributed by atoms with E-state index in [1.165, 1.54) is 0 Å². The highest BCUT2D eigenvalue weighted by molar-refractivity contribution is 5.94. The van der Waals surface area contributed by atoms with Gasteiger partial charge in [-0.25, -0.2) is 9.78 Å². The number of amides is 2. The Bertz CT molecular complexity index is 827. The minimum atomic E-state index is -0.0435. The van der Waals surface area contributed by atoms with Gasteiger partial charge in [-0.2, -0.15) is 0 Å². The van der Waals surface area contributed by atoms with Crippen molar-refractivity contribution in [3.8, 4) is 17.4 Å². The van der Waals surface area contributed by atoms with Crippen molar-refractivity contribution < 1.29 is 19.0 Å². The first-order valence-electron chi connectivity index (χ1n) is 10.0. The summed E-state index contributed by atoms with van der Waals surface area (Å²) in [6.45, 7) is 4.50. The van der Waals surface area contributed by atoms with Gasteiger partial charge in [-0.1, -0.05) is 25.8 Å². The van der Waals surface area contributed by atoms with Crippen LogP contribution in [0.5, 0.6) is 17.4 Å². The predicted molar refractivity (Wildman–Crippen MR) is 112 cm³/mol. The van der Waals surface area contributed by atoms with Crippen molar-refractivity contribution in [2.24, 2.45) is 0 Å². The fourth-order valence-electron chi connectivity index (χ4n) is 3.38. The molecule has 0 radical (unpaired) electrons. The molecule has 29 heavy (non-hydrogen) atoms. The molecular weight excluding hydrogens is 370 g/mol. The monoisotopic (exact) mass is 399 g/mol. The van der Waals surface area contributed by atoms with E-state index in [-0.39, 0.29) is 6.03 Å². The molecular formula is C22H29N3O4. The maximum absolute atomic E-state index is 13.0. The number of pyridine rings is 1. The maximum Gasteiger partial charge on any atom is 0.324 e. The average Bonchev–Trinajstić information content (AvgIpc) is 3.11. The standard InChI is InChI=1S/C22H29N3O4/c1-4-5-6-14-29-20-15-18(9-10-19(20)27-2)25-13-12-24(22(25)26)16-17-8-7-11-23-21(17)28-3/h7-11,15H,4-6,12-14,16H2,1-3H3. The Morgan fingerprint density at radius 3 is 2.69 bits per heavy atom. The van der Waals surface area contributed by atoms with E-state index in [9.17, 15) is 4.79 Å². The van der Waals surface area contributed by atoms with E-state index in [0.29, 0.717) is 43.6 Å². The lowest BCUT2D eigenvalue weighted by molar-refractivity contribution is 0.218. The summed E-state index contributed by atoms with van der Waals surface area (Å²) in [5.41, 5.74) is 1.70. The van der Waals surface area contributed by atoms with Crippen molar-refractivity contribution in [3.63, 3.8) is 0 Å². The van der Waals surface area contributed by atoms with Crippen LogP contribution in [0, 0.1) is 0 Å². The highest BCUT2D eigenvalue weighted by Crippen LogP contribution is 2.33. The molecule has 0 bridgehead atoms. The minimum absolute atomic E-state index is 0.0435. The molecule has 156 valence electrons. The Labute approximate surface area is 172 Å². The molecule has 0 atom stereocenters. The third-order valence-corrected chi connectivity index (χ3v) is 4.96. The van der Waals surface area contributed by atoms with Crippen LogP contribution in [0.15, 0.2) is 36.5 Å². The molecule has 0 spiro atoms. The number of benzene rings is 1. The summed E-state index contributed by atoms with van der Waals surface area (Å²) in [4.78, 5) is 20.8. The highest BCUT2D eigenvalue weighted by atomic mass is 16.5. The third kappa shape index (κ3) is 4.91. The number of rotatable bonds is 10. The summed E-state index contributed by atoms with van der Waals surface area (Å²) in [5, 5.41) is 0. The number of hydrogen-bond acceptors (Lipinski definition) is 5. The van der Waals surface area contributed by atoms with Crippen molar-refractivity contribution in [1.29, 1.82) is 0 Å². The van der Waals surface area contributed by atoms with Crippen molar-refractivity contribution in [1.82, 2.24) is 9.88 Å². The maximum atomic E-state index is 13.0. The SMILES string of the molecule is CCCCCOc1cc(N2CCN(Cc3cccnc3OC)C2=O)ccc1OC. The molecule has 1 fully saturated rings. The number of carbonyl (C=O) groups is 1. The van der Waals surface area contributed by atoms with Crippen LogP contribution in [0.3, 0.4) is 0 Å². The third-order valence-electron chi connectivity index (χ3n) is 4.96. The van der Waals surface area contributed by atoms with Gasteiger partial charge in [0.25, 0.3) is 0 Å². The normalized spacial score (nSPS) is 13.7. The number of urea groups is 1. The zero-order chi connectivity index (χ0) is 20.6. The van der Waals surface area contributed by atoms with E-state index in [1.54, 1.807) is 30.2 Å². The van der Waals surface area contributed by atoms with Gasteiger partial charge in [0.05, 0.1) is 27.4 Å². The Morgan fingerprint density at radius 1 is 1.07 bits per heavy atom. The number of hydrogen-bond donors (Lipinski definition) is 0. The van der Waals surface area contributed by atoms with Crippen LogP contribution in [0.2, 0.25) is 0 Å². The summed E-state index contributed by atoms with van der Waals surface area (Å²) in [6.07, 6.45) is 4.94. The molecule has 0 aliphatic carbocycles. The van der Waals surface area contributed by atoms with E-state index in [4.69, 9.17) is 14.2 Å². The van der Waals surface area contributed by atoms with Crippen LogP contribution >= 0.6 is 0 Å². The van der Waals surface area contributed by atoms with Crippen molar-refractivity contribution in [2.45, 2.75) is 32.7 Å². The van der Waals surface area contributed by atoms with Gasteiger partial charge in [0.1, 0.15) is 0 Å². The smallest absolute Gasteiger partial charge is 0.324 e. The van der Waals surface area contributed by atoms with E-state index < -0.39 is 0 Å². The van der Waals surface area contributed by atoms with Crippen molar-refractivity contribution >= 4 is 11.7 Å². The molecule has 2 amide bonds. The van der Waals surface area contributed by atoms with Gasteiger partial charge in [0.2, 0.25) is 5.88 Å². The average molecular weight is 399 g/mol. The van der Waals surface area contributed by atoms with Crippen LogP contribution in [0.1, 0.15) is 31.7 Å².